The highest BCUT2D eigenvalue weighted by atomic mass is 32.1. The van der Waals surface area contributed by atoms with Crippen molar-refractivity contribution < 1.29 is 9.31 Å². The summed E-state index contributed by atoms with van der Waals surface area (Å²) in [4.78, 5) is 0. The largest absolute Gasteiger partial charge is 0.495 e. The zero-order chi connectivity index (χ0) is 14.7. The Morgan fingerprint density at radius 2 is 1.70 bits per heavy atom. The van der Waals surface area contributed by atoms with E-state index >= 15 is 0 Å². The number of aryl methyl sites for hydroxylation is 1. The van der Waals surface area contributed by atoms with Crippen molar-refractivity contribution in [2.24, 2.45) is 0 Å². The highest BCUT2D eigenvalue weighted by Gasteiger charge is 2.52. The van der Waals surface area contributed by atoms with Crippen LogP contribution in [0.4, 0.5) is 0 Å². The van der Waals surface area contributed by atoms with Crippen LogP contribution in [0.15, 0.2) is 12.3 Å². The standard InChI is InChI=1S/C15H20BNO2S/c1-9-7-12-11(8-17-20-12)13(10(9)2)16-18-14(3,4)15(5,6)19-16/h7-8H,1-6H3. The molecule has 0 aliphatic carbocycles. The quantitative estimate of drug-likeness (QED) is 0.755. The number of fused-ring (bicyclic) bond motifs is 1. The Hall–Kier alpha value is -0.905. The predicted octanol–water partition coefficient (Wildman–Crippen LogP) is 3.21. The summed E-state index contributed by atoms with van der Waals surface area (Å²) in [6.45, 7) is 12.6. The molecule has 0 saturated carbocycles. The molecule has 3 rings (SSSR count). The Bertz CT molecular complexity index is 662. The first-order valence-corrected chi connectivity index (χ1v) is 7.70. The number of hydrogen-bond acceptors (Lipinski definition) is 4. The molecule has 0 atom stereocenters. The van der Waals surface area contributed by atoms with Crippen molar-refractivity contribution in [3.05, 3.63) is 23.4 Å². The average molecular weight is 289 g/mol. The lowest BCUT2D eigenvalue weighted by Crippen LogP contribution is -2.41. The second kappa shape index (κ2) is 4.29. The van der Waals surface area contributed by atoms with Gasteiger partial charge in [0.2, 0.25) is 0 Å². The summed E-state index contributed by atoms with van der Waals surface area (Å²) >= 11 is 1.52. The lowest BCUT2D eigenvalue weighted by atomic mass is 9.73. The van der Waals surface area contributed by atoms with E-state index in [9.17, 15) is 0 Å². The number of hydrogen-bond donors (Lipinski definition) is 0. The molecule has 1 aliphatic heterocycles. The molecule has 106 valence electrons. The van der Waals surface area contributed by atoms with Crippen LogP contribution in [0.1, 0.15) is 38.8 Å². The fourth-order valence-electron chi connectivity index (χ4n) is 2.54. The van der Waals surface area contributed by atoms with Crippen molar-refractivity contribution in [3.63, 3.8) is 0 Å². The maximum atomic E-state index is 6.22. The molecule has 0 radical (unpaired) electrons. The third-order valence-corrected chi connectivity index (χ3v) is 5.47. The molecule has 1 fully saturated rings. The molecule has 1 aromatic heterocycles. The molecular formula is C15H20BNO2S. The van der Waals surface area contributed by atoms with Gasteiger partial charge in [-0.1, -0.05) is 0 Å². The van der Waals surface area contributed by atoms with E-state index in [2.05, 4.69) is 52.0 Å². The highest BCUT2D eigenvalue weighted by Crippen LogP contribution is 2.37. The van der Waals surface area contributed by atoms with Crippen LogP contribution in [0, 0.1) is 13.8 Å². The number of aromatic nitrogens is 1. The normalized spacial score (nSPS) is 20.8. The molecule has 20 heavy (non-hydrogen) atoms. The fourth-order valence-corrected chi connectivity index (χ4v) is 3.30. The molecule has 0 bridgehead atoms. The number of benzene rings is 1. The van der Waals surface area contributed by atoms with Gasteiger partial charge < -0.3 is 9.31 Å². The van der Waals surface area contributed by atoms with E-state index in [-0.39, 0.29) is 18.3 Å². The summed E-state index contributed by atoms with van der Waals surface area (Å²) in [5, 5.41) is 1.15. The molecule has 0 amide bonds. The van der Waals surface area contributed by atoms with Crippen molar-refractivity contribution in [3.8, 4) is 0 Å². The second-order valence-corrected chi connectivity index (χ2v) is 7.39. The molecule has 0 N–H and O–H groups in total. The van der Waals surface area contributed by atoms with E-state index in [1.165, 1.54) is 27.4 Å². The summed E-state index contributed by atoms with van der Waals surface area (Å²) in [7, 11) is -0.321. The lowest BCUT2D eigenvalue weighted by molar-refractivity contribution is 0.00578. The Morgan fingerprint density at radius 3 is 2.30 bits per heavy atom. The summed E-state index contributed by atoms with van der Waals surface area (Å²) in [5.41, 5.74) is 2.99. The molecular weight excluding hydrogens is 269 g/mol. The molecule has 0 unspecified atom stereocenters. The summed E-state index contributed by atoms with van der Waals surface area (Å²) < 4.78 is 17.9. The second-order valence-electron chi connectivity index (χ2n) is 6.56. The van der Waals surface area contributed by atoms with E-state index in [4.69, 9.17) is 9.31 Å². The van der Waals surface area contributed by atoms with E-state index in [1.54, 1.807) is 0 Å². The van der Waals surface area contributed by atoms with E-state index in [1.807, 2.05) is 6.20 Å². The van der Waals surface area contributed by atoms with Crippen LogP contribution < -0.4 is 5.46 Å². The van der Waals surface area contributed by atoms with Crippen LogP contribution in [0.25, 0.3) is 10.1 Å². The van der Waals surface area contributed by atoms with Gasteiger partial charge in [-0.3, -0.25) is 0 Å². The van der Waals surface area contributed by atoms with Crippen molar-refractivity contribution >= 4 is 34.2 Å². The van der Waals surface area contributed by atoms with Crippen LogP contribution in [-0.2, 0) is 9.31 Å². The van der Waals surface area contributed by atoms with E-state index < -0.39 is 0 Å². The van der Waals surface area contributed by atoms with Gasteiger partial charge >= 0.3 is 7.12 Å². The first kappa shape index (κ1) is 14.0. The summed E-state index contributed by atoms with van der Waals surface area (Å²) in [6, 6.07) is 2.19. The Balaban J connectivity index is 2.16. The molecule has 1 aromatic carbocycles. The third-order valence-electron chi connectivity index (χ3n) is 4.72. The van der Waals surface area contributed by atoms with Crippen molar-refractivity contribution in [2.75, 3.05) is 0 Å². The third kappa shape index (κ3) is 1.91. The Kier molecular flexibility index (Phi) is 3.02. The molecule has 1 aliphatic rings. The molecule has 3 nitrogen and oxygen atoms in total. The first-order chi connectivity index (χ1) is 9.23. The molecule has 2 heterocycles. The van der Waals surface area contributed by atoms with Gasteiger partial charge in [0.1, 0.15) is 0 Å². The zero-order valence-electron chi connectivity index (χ0n) is 12.9. The SMILES string of the molecule is Cc1cc2sncc2c(B2OC(C)(C)C(C)(C)O2)c1C. The maximum absolute atomic E-state index is 6.22. The number of rotatable bonds is 1. The van der Waals surface area contributed by atoms with Crippen LogP contribution in [0.5, 0.6) is 0 Å². The minimum atomic E-state index is -0.321. The van der Waals surface area contributed by atoms with Gasteiger partial charge in [0.05, 0.1) is 15.9 Å². The van der Waals surface area contributed by atoms with Crippen LogP contribution >= 0.6 is 11.5 Å². The van der Waals surface area contributed by atoms with Gasteiger partial charge in [-0.15, -0.1) is 0 Å². The number of nitrogens with zero attached hydrogens (tertiary/aromatic N) is 1. The molecule has 0 spiro atoms. The topological polar surface area (TPSA) is 31.4 Å². The monoisotopic (exact) mass is 289 g/mol. The van der Waals surface area contributed by atoms with E-state index in [0.717, 1.165) is 10.8 Å². The Labute approximate surface area is 124 Å². The van der Waals surface area contributed by atoms with Gasteiger partial charge in [0, 0.05) is 11.6 Å². The predicted molar refractivity (Wildman–Crippen MR) is 84.8 cm³/mol. The zero-order valence-corrected chi connectivity index (χ0v) is 13.7. The van der Waals surface area contributed by atoms with Crippen LogP contribution in [-0.4, -0.2) is 22.7 Å². The van der Waals surface area contributed by atoms with Crippen LogP contribution in [0.3, 0.4) is 0 Å². The highest BCUT2D eigenvalue weighted by molar-refractivity contribution is 7.13. The van der Waals surface area contributed by atoms with Gasteiger partial charge in [0.15, 0.2) is 0 Å². The van der Waals surface area contributed by atoms with Gasteiger partial charge in [0.25, 0.3) is 0 Å². The smallest absolute Gasteiger partial charge is 0.399 e. The van der Waals surface area contributed by atoms with E-state index in [0.29, 0.717) is 0 Å². The first-order valence-electron chi connectivity index (χ1n) is 6.93. The van der Waals surface area contributed by atoms with Gasteiger partial charge in [-0.2, -0.15) is 4.37 Å². The molecule has 2 aromatic rings. The molecule has 5 heteroatoms. The van der Waals surface area contributed by atoms with Gasteiger partial charge in [-0.25, -0.2) is 0 Å². The summed E-state index contributed by atoms with van der Waals surface area (Å²) in [6.07, 6.45) is 1.92. The van der Waals surface area contributed by atoms with Crippen molar-refractivity contribution in [1.29, 1.82) is 0 Å². The van der Waals surface area contributed by atoms with Crippen molar-refractivity contribution in [1.82, 2.24) is 4.37 Å². The maximum Gasteiger partial charge on any atom is 0.495 e. The Morgan fingerprint density at radius 1 is 1.10 bits per heavy atom. The van der Waals surface area contributed by atoms with Crippen molar-refractivity contribution in [2.45, 2.75) is 52.7 Å². The molecule has 1 saturated heterocycles. The minimum absolute atomic E-state index is 0.316. The summed E-state index contributed by atoms with van der Waals surface area (Å²) in [5.74, 6) is 0. The average Bonchev–Trinajstić information content (AvgIpc) is 2.83. The fraction of sp³-hybridized carbons (Fsp3) is 0.533. The lowest BCUT2D eigenvalue weighted by Gasteiger charge is -2.32. The van der Waals surface area contributed by atoms with Crippen LogP contribution in [0.2, 0.25) is 0 Å². The van der Waals surface area contributed by atoms with Gasteiger partial charge in [-0.05, 0) is 75.7 Å². The minimum Gasteiger partial charge on any atom is -0.399 e.